The molecule has 2 aromatic rings. The quantitative estimate of drug-likeness (QED) is 0.804. The van der Waals surface area contributed by atoms with E-state index in [1.807, 2.05) is 25.2 Å². The van der Waals surface area contributed by atoms with E-state index in [4.69, 9.17) is 0 Å². The van der Waals surface area contributed by atoms with Gasteiger partial charge < -0.3 is 14.9 Å². The van der Waals surface area contributed by atoms with Crippen LogP contribution in [0.3, 0.4) is 0 Å². The van der Waals surface area contributed by atoms with E-state index in [1.54, 1.807) is 17.3 Å². The van der Waals surface area contributed by atoms with Crippen molar-refractivity contribution in [1.82, 2.24) is 9.88 Å². The maximum Gasteiger partial charge on any atom is 0.150 e. The van der Waals surface area contributed by atoms with E-state index < -0.39 is 23.4 Å². The Morgan fingerprint density at radius 3 is 2.20 bits per heavy atom. The zero-order valence-electron chi connectivity index (χ0n) is 18.1. The Labute approximate surface area is 177 Å². The first kappa shape index (κ1) is 21.2. The summed E-state index contributed by atoms with van der Waals surface area (Å²) in [5.74, 6) is 0.403. The molecule has 4 rings (SSSR count). The summed E-state index contributed by atoms with van der Waals surface area (Å²) in [6.45, 7) is 7.86. The molecule has 162 valence electrons. The van der Waals surface area contributed by atoms with E-state index in [1.165, 1.54) is 5.56 Å². The summed E-state index contributed by atoms with van der Waals surface area (Å²) in [5, 5.41) is 12.2. The zero-order valence-corrected chi connectivity index (χ0v) is 18.1. The summed E-state index contributed by atoms with van der Waals surface area (Å²) in [6, 6.07) is 9.97. The summed E-state index contributed by atoms with van der Waals surface area (Å²) >= 11 is 0. The van der Waals surface area contributed by atoms with E-state index in [0.717, 1.165) is 18.7 Å². The molecular weight excluding hydrogens is 384 g/mol. The molecule has 4 nitrogen and oxygen atoms in total. The van der Waals surface area contributed by atoms with Crippen LogP contribution in [0.25, 0.3) is 0 Å². The molecule has 0 aliphatic carbocycles. The highest BCUT2D eigenvalue weighted by molar-refractivity contribution is 5.52. The van der Waals surface area contributed by atoms with Gasteiger partial charge in [-0.15, -0.1) is 0 Å². The number of alkyl halides is 2. The van der Waals surface area contributed by atoms with Crippen molar-refractivity contribution in [2.75, 3.05) is 38.1 Å². The second-order valence-electron chi connectivity index (χ2n) is 9.59. The third-order valence-corrected chi connectivity index (χ3v) is 6.80. The van der Waals surface area contributed by atoms with Crippen molar-refractivity contribution in [1.29, 1.82) is 0 Å². The molecule has 2 aliphatic rings. The van der Waals surface area contributed by atoms with Gasteiger partial charge in [0, 0.05) is 30.3 Å². The summed E-state index contributed by atoms with van der Waals surface area (Å²) in [6.07, 6.45) is 0.313. The summed E-state index contributed by atoms with van der Waals surface area (Å²) in [4.78, 5) is 8.19. The lowest BCUT2D eigenvalue weighted by Crippen LogP contribution is -2.63. The molecule has 2 aliphatic heterocycles. The van der Waals surface area contributed by atoms with E-state index in [9.17, 15) is 13.9 Å². The molecule has 1 aromatic carbocycles. The third kappa shape index (κ3) is 3.40. The van der Waals surface area contributed by atoms with Gasteiger partial charge in [-0.25, -0.2) is 8.78 Å². The molecule has 2 fully saturated rings. The van der Waals surface area contributed by atoms with Crippen molar-refractivity contribution in [3.05, 3.63) is 59.4 Å². The molecule has 0 spiro atoms. The van der Waals surface area contributed by atoms with Gasteiger partial charge in [-0.1, -0.05) is 45.0 Å². The molecule has 0 bridgehead atoms. The van der Waals surface area contributed by atoms with Gasteiger partial charge in [-0.05, 0) is 30.2 Å². The van der Waals surface area contributed by atoms with Crippen LogP contribution in [0.5, 0.6) is 0 Å². The molecule has 1 N–H and O–H groups in total. The van der Waals surface area contributed by atoms with Gasteiger partial charge >= 0.3 is 0 Å². The number of anilines is 1. The number of hydrogen-bond donors (Lipinski definition) is 1. The van der Waals surface area contributed by atoms with Crippen molar-refractivity contribution in [2.45, 2.75) is 44.6 Å². The Bertz CT molecular complexity index is 888. The number of aromatic nitrogens is 1. The minimum Gasteiger partial charge on any atom is -0.380 e. The summed E-state index contributed by atoms with van der Waals surface area (Å²) in [5.41, 5.74) is 1.66. The first-order valence-electron chi connectivity index (χ1n) is 10.6. The fourth-order valence-electron chi connectivity index (χ4n) is 5.08. The van der Waals surface area contributed by atoms with Crippen LogP contribution in [-0.2, 0) is 5.60 Å². The highest BCUT2D eigenvalue weighted by atomic mass is 19.2. The number of nitrogens with zero attached hydrogens (tertiary/aromatic N) is 3. The number of hydrogen-bond acceptors (Lipinski definition) is 4. The van der Waals surface area contributed by atoms with Crippen molar-refractivity contribution in [3.8, 4) is 0 Å². The van der Waals surface area contributed by atoms with Gasteiger partial charge in [-0.3, -0.25) is 4.98 Å². The van der Waals surface area contributed by atoms with Gasteiger partial charge in [0.05, 0.1) is 25.0 Å². The number of likely N-dealkylation sites (tertiary alicyclic amines) is 1. The normalized spacial score (nSPS) is 25.9. The Morgan fingerprint density at radius 1 is 1.07 bits per heavy atom. The smallest absolute Gasteiger partial charge is 0.150 e. The monoisotopic (exact) mass is 415 g/mol. The van der Waals surface area contributed by atoms with Gasteiger partial charge in [0.2, 0.25) is 0 Å². The molecule has 0 unspecified atom stereocenters. The predicted octanol–water partition coefficient (Wildman–Crippen LogP) is 3.89. The highest BCUT2D eigenvalue weighted by Gasteiger charge is 2.55. The van der Waals surface area contributed by atoms with Gasteiger partial charge in [0.25, 0.3) is 0 Å². The molecule has 30 heavy (non-hydrogen) atoms. The Morgan fingerprint density at radius 2 is 1.67 bits per heavy atom. The fraction of sp³-hybridized carbons (Fsp3) is 0.542. The number of pyridine rings is 1. The van der Waals surface area contributed by atoms with Gasteiger partial charge in [0.15, 0.2) is 12.3 Å². The van der Waals surface area contributed by atoms with Crippen molar-refractivity contribution in [2.24, 2.45) is 5.41 Å². The van der Waals surface area contributed by atoms with Crippen LogP contribution >= 0.6 is 0 Å². The second kappa shape index (κ2) is 7.57. The number of benzene rings is 1. The van der Waals surface area contributed by atoms with Crippen LogP contribution in [-0.4, -0.2) is 60.6 Å². The van der Waals surface area contributed by atoms with Crippen LogP contribution in [0.1, 0.15) is 43.4 Å². The second-order valence-corrected chi connectivity index (χ2v) is 9.59. The van der Waals surface area contributed by atoms with Crippen LogP contribution in [0.15, 0.2) is 42.7 Å². The average molecular weight is 416 g/mol. The van der Waals surface area contributed by atoms with Gasteiger partial charge in [-0.2, -0.15) is 0 Å². The zero-order chi connectivity index (χ0) is 21.7. The maximum absolute atomic E-state index is 13.8. The van der Waals surface area contributed by atoms with Crippen LogP contribution < -0.4 is 4.90 Å². The lowest BCUT2D eigenvalue weighted by molar-refractivity contribution is -0.127. The lowest BCUT2D eigenvalue weighted by atomic mass is 9.62. The van der Waals surface area contributed by atoms with E-state index >= 15 is 0 Å². The predicted molar refractivity (Wildman–Crippen MR) is 115 cm³/mol. The minimum absolute atomic E-state index is 0.00776. The first-order chi connectivity index (χ1) is 14.1. The number of halogens is 2. The number of rotatable bonds is 5. The average Bonchev–Trinajstić information content (AvgIpc) is 3.05. The SMILES string of the molecule is CC(C)c1ccc([C@](O)(c2cncc(N3C[C@@H](F)[C@@H](F)C3)c2)C2(C)CN(C)C2)cc1. The third-order valence-electron chi connectivity index (χ3n) is 6.80. The standard InChI is InChI=1S/C24H31F2N3O/c1-16(2)17-5-7-18(8-6-17)24(30,23(3)14-28(4)15-23)19-9-20(11-27-10-19)29-12-21(25)22(26)13-29/h5-11,16,21-22,30H,12-15H2,1-4H3/t21-,22+,24-/m0/s1. The van der Waals surface area contributed by atoms with Gasteiger partial charge in [0.1, 0.15) is 5.60 Å². The first-order valence-corrected chi connectivity index (χ1v) is 10.6. The Kier molecular flexibility index (Phi) is 5.35. The maximum atomic E-state index is 13.8. The molecular formula is C24H31F2N3O. The molecule has 0 amide bonds. The minimum atomic E-state index is -1.49. The van der Waals surface area contributed by atoms with Crippen LogP contribution in [0.4, 0.5) is 14.5 Å². The van der Waals surface area contributed by atoms with Crippen molar-refractivity contribution < 1.29 is 13.9 Å². The largest absolute Gasteiger partial charge is 0.380 e. The molecule has 0 radical (unpaired) electrons. The summed E-state index contributed by atoms with van der Waals surface area (Å²) in [7, 11) is 2.03. The van der Waals surface area contributed by atoms with Crippen LogP contribution in [0.2, 0.25) is 0 Å². The fourth-order valence-corrected chi connectivity index (χ4v) is 5.08. The topological polar surface area (TPSA) is 39.6 Å². The molecule has 1 aromatic heterocycles. The Balaban J connectivity index is 1.76. The molecule has 2 saturated heterocycles. The van der Waals surface area contributed by atoms with Crippen LogP contribution in [0, 0.1) is 5.41 Å². The summed E-state index contributed by atoms with van der Waals surface area (Å²) < 4.78 is 27.5. The van der Waals surface area contributed by atoms with E-state index in [2.05, 4.69) is 42.8 Å². The van der Waals surface area contributed by atoms with E-state index in [0.29, 0.717) is 17.2 Å². The number of aliphatic hydroxyl groups is 1. The molecule has 0 saturated carbocycles. The van der Waals surface area contributed by atoms with Crippen molar-refractivity contribution in [3.63, 3.8) is 0 Å². The van der Waals surface area contributed by atoms with E-state index in [-0.39, 0.29) is 13.1 Å². The Hall–Kier alpha value is -2.05. The van der Waals surface area contributed by atoms with Crippen molar-refractivity contribution >= 4 is 5.69 Å². The highest BCUT2D eigenvalue weighted by Crippen LogP contribution is 2.50. The lowest BCUT2D eigenvalue weighted by Gasteiger charge is -2.56. The molecule has 6 heteroatoms. The molecule has 3 heterocycles. The molecule has 3 atom stereocenters.